The number of ether oxygens (including phenoxy) is 1. The molecule has 0 spiro atoms. The Balaban J connectivity index is 0.00000280. The van der Waals surface area contributed by atoms with Gasteiger partial charge in [0, 0.05) is 31.7 Å². The first kappa shape index (κ1) is 24.3. The summed E-state index contributed by atoms with van der Waals surface area (Å²) in [6, 6.07) is 5.72. The van der Waals surface area contributed by atoms with Gasteiger partial charge in [0.15, 0.2) is 0 Å². The minimum absolute atomic E-state index is 0. The summed E-state index contributed by atoms with van der Waals surface area (Å²) in [6.07, 6.45) is -1.96. The van der Waals surface area contributed by atoms with Gasteiger partial charge in [-0.2, -0.15) is 22.0 Å². The molecule has 1 nitrogen and oxygen atoms in total. The van der Waals surface area contributed by atoms with Crippen molar-refractivity contribution >= 4 is 24.2 Å². The maximum Gasteiger partial charge on any atom is 0.499 e. The average Bonchev–Trinajstić information content (AvgIpc) is 3.30. The Hall–Kier alpha value is 0.0523. The van der Waals surface area contributed by atoms with Crippen LogP contribution in [0.15, 0.2) is 24.3 Å². The van der Waals surface area contributed by atoms with E-state index >= 15 is 0 Å². The van der Waals surface area contributed by atoms with E-state index in [0.29, 0.717) is 11.3 Å². The van der Waals surface area contributed by atoms with Crippen molar-refractivity contribution in [3.05, 3.63) is 29.9 Å². The van der Waals surface area contributed by atoms with Gasteiger partial charge in [-0.25, -0.2) is 0 Å². The smallest absolute Gasteiger partial charge is 0.426 e. The fraction of sp³-hybridized carbons (Fsp3) is 0.632. The average molecular weight is 535 g/mol. The fourth-order valence-electron chi connectivity index (χ4n) is 4.58. The molecular formula is C19H23ClF5OPPd. The van der Waals surface area contributed by atoms with Crippen LogP contribution in [-0.2, 0) is 20.4 Å². The van der Waals surface area contributed by atoms with Crippen LogP contribution >= 0.6 is 18.9 Å². The molecule has 0 heterocycles. The van der Waals surface area contributed by atoms with Gasteiger partial charge < -0.3 is 16.3 Å². The van der Waals surface area contributed by atoms with Crippen molar-refractivity contribution in [2.24, 2.45) is 0 Å². The van der Waals surface area contributed by atoms with Crippen molar-refractivity contribution in [3.8, 4) is 5.75 Å². The summed E-state index contributed by atoms with van der Waals surface area (Å²) in [7, 11) is -1.85. The molecular weight excluding hydrogens is 512 g/mol. The predicted octanol–water partition coefficient (Wildman–Crippen LogP) is 7.10. The summed E-state index contributed by atoms with van der Waals surface area (Å²) in [5.74, 6) is -0.494. The van der Waals surface area contributed by atoms with Crippen LogP contribution in [0.1, 0.15) is 51.4 Å². The van der Waals surface area contributed by atoms with Crippen LogP contribution in [0.2, 0.25) is 0 Å². The van der Waals surface area contributed by atoms with Gasteiger partial charge in [0.2, 0.25) is 0 Å². The molecule has 28 heavy (non-hydrogen) atoms. The summed E-state index contributed by atoms with van der Waals surface area (Å²) in [6.45, 7) is 0. The van der Waals surface area contributed by atoms with Crippen LogP contribution in [0.3, 0.4) is 0 Å². The summed E-state index contributed by atoms with van der Waals surface area (Å²) < 4.78 is 67.3. The van der Waals surface area contributed by atoms with Crippen LogP contribution < -0.4 is 10.0 Å². The van der Waals surface area contributed by atoms with E-state index in [9.17, 15) is 22.0 Å². The molecule has 0 radical (unpaired) electrons. The third kappa shape index (κ3) is 4.69. The zero-order valence-electron chi connectivity index (χ0n) is 15.1. The number of hydrogen-bond acceptors (Lipinski definition) is 1. The molecule has 9 heteroatoms. The molecule has 0 N–H and O–H groups in total. The van der Waals surface area contributed by atoms with Gasteiger partial charge in [-0.05, 0) is 75.6 Å². The number of alkyl halides is 5. The first-order valence-electron chi connectivity index (χ1n) is 9.27. The van der Waals surface area contributed by atoms with Crippen molar-refractivity contribution in [1.82, 2.24) is 0 Å². The molecule has 1 aromatic carbocycles. The number of rotatable bonds is 6. The second kappa shape index (κ2) is 9.46. The Bertz CT molecular complexity index is 612. The molecule has 0 aliphatic heterocycles. The zero-order valence-corrected chi connectivity index (χ0v) is 18.3. The third-order valence-corrected chi connectivity index (χ3v) is 11.8. The number of halogens is 6. The largest absolute Gasteiger partial charge is 0.499 e. The molecule has 2 fully saturated rings. The quantitative estimate of drug-likeness (QED) is 0.164. The Kier molecular flexibility index (Phi) is 8.22. The summed E-state index contributed by atoms with van der Waals surface area (Å²) in [5.41, 5.74) is 2.78. The Morgan fingerprint density at radius 2 is 1.29 bits per heavy atom. The van der Waals surface area contributed by atoms with Gasteiger partial charge in [0.1, 0.15) is 5.75 Å². The first-order chi connectivity index (χ1) is 12.7. The van der Waals surface area contributed by atoms with Crippen molar-refractivity contribution in [3.63, 3.8) is 0 Å². The van der Waals surface area contributed by atoms with Crippen molar-refractivity contribution in [2.75, 3.05) is 0 Å². The molecule has 2 saturated carbocycles. The monoisotopic (exact) mass is 534 g/mol. The minimum atomic E-state index is -5.75. The predicted molar refractivity (Wildman–Crippen MR) is 99.3 cm³/mol. The molecule has 0 amide bonds. The van der Waals surface area contributed by atoms with E-state index in [-0.39, 0.29) is 20.4 Å². The molecule has 0 saturated heterocycles. The van der Waals surface area contributed by atoms with E-state index in [1.54, 1.807) is 12.1 Å². The van der Waals surface area contributed by atoms with Gasteiger partial charge in [-0.1, -0.05) is 12.9 Å². The van der Waals surface area contributed by atoms with Crippen LogP contribution in [0.4, 0.5) is 22.0 Å². The molecule has 0 unspecified atom stereocenters. The van der Waals surface area contributed by atoms with Crippen molar-refractivity contribution in [2.45, 2.75) is 75.0 Å². The second-order valence-corrected chi connectivity index (χ2v) is 11.8. The standard InChI is InChI=1S/C19H23ClF5OP.Pd/c20-13-27(15-5-1-2-6-15,16-7-3-4-8-16)17-11-9-14(10-12-17)26-19(24,25)18(21,22)23;/h9-13,15-16H,1-8H2;. The topological polar surface area (TPSA) is 9.23 Å². The Morgan fingerprint density at radius 1 is 0.857 bits per heavy atom. The van der Waals surface area contributed by atoms with E-state index < -0.39 is 25.3 Å². The van der Waals surface area contributed by atoms with Crippen LogP contribution in [0, 0.1) is 5.62 Å². The molecule has 2 aliphatic rings. The second-order valence-electron chi connectivity index (χ2n) is 7.42. The van der Waals surface area contributed by atoms with Gasteiger partial charge >= 0.3 is 12.3 Å². The maximum atomic E-state index is 13.1. The Labute approximate surface area is 181 Å². The van der Waals surface area contributed by atoms with Crippen LogP contribution in [-0.4, -0.2) is 23.6 Å². The SMILES string of the molecule is FC(F)(F)C(F)(F)Oc1ccc([P+]([CH-]Cl)(C2CCCC2)C2CCCC2)cc1.[Pd]. The van der Waals surface area contributed by atoms with Gasteiger partial charge in [-0.15, -0.1) is 0 Å². The van der Waals surface area contributed by atoms with E-state index in [0.717, 1.165) is 56.7 Å². The van der Waals surface area contributed by atoms with Gasteiger partial charge in [0.05, 0.1) is 5.30 Å². The Morgan fingerprint density at radius 3 is 1.64 bits per heavy atom. The van der Waals surface area contributed by atoms with E-state index in [4.69, 9.17) is 11.6 Å². The molecule has 1 aromatic rings. The molecule has 2 aliphatic carbocycles. The maximum absolute atomic E-state index is 13.1. The normalized spacial score (nSPS) is 19.6. The first-order valence-corrected chi connectivity index (χ1v) is 11.7. The van der Waals surface area contributed by atoms with Crippen LogP contribution in [0.5, 0.6) is 5.75 Å². The van der Waals surface area contributed by atoms with Gasteiger partial charge in [0.25, 0.3) is 0 Å². The molecule has 3 rings (SSSR count). The van der Waals surface area contributed by atoms with E-state index in [1.807, 2.05) is 5.62 Å². The molecule has 0 atom stereocenters. The molecule has 162 valence electrons. The summed E-state index contributed by atoms with van der Waals surface area (Å²) in [5, 5.41) is 0.985. The number of benzene rings is 1. The van der Waals surface area contributed by atoms with Gasteiger partial charge in [-0.3, -0.25) is 0 Å². The van der Waals surface area contributed by atoms with Crippen molar-refractivity contribution in [1.29, 1.82) is 0 Å². The van der Waals surface area contributed by atoms with E-state index in [2.05, 4.69) is 4.74 Å². The zero-order chi connectivity index (χ0) is 19.7. The third-order valence-electron chi connectivity index (χ3n) is 5.88. The molecule has 0 bridgehead atoms. The minimum Gasteiger partial charge on any atom is -0.426 e. The van der Waals surface area contributed by atoms with Crippen LogP contribution in [0.25, 0.3) is 0 Å². The fourth-order valence-corrected chi connectivity index (χ4v) is 10.8. The molecule has 0 aromatic heterocycles. The summed E-state index contributed by atoms with van der Waals surface area (Å²) in [4.78, 5) is 0. The van der Waals surface area contributed by atoms with Crippen molar-refractivity contribution < 1.29 is 47.1 Å². The number of hydrogen-bond donors (Lipinski definition) is 0. The van der Waals surface area contributed by atoms with E-state index in [1.165, 1.54) is 12.1 Å². The summed E-state index contributed by atoms with van der Waals surface area (Å²) >= 11 is 6.45.